The predicted molar refractivity (Wildman–Crippen MR) is 50.7 cm³/mol. The number of alkyl halides is 2. The van der Waals surface area contributed by atoms with Gasteiger partial charge in [0, 0.05) is 17.1 Å². The Morgan fingerprint density at radius 3 is 2.85 bits per heavy atom. The van der Waals surface area contributed by atoms with Crippen LogP contribution >= 0.6 is 23.4 Å². The Bertz CT molecular complexity index is 338. The van der Waals surface area contributed by atoms with E-state index in [0.717, 1.165) is 0 Å². The first-order valence-corrected chi connectivity index (χ1v) is 5.27. The van der Waals surface area contributed by atoms with Crippen LogP contribution in [0.4, 0.5) is 8.78 Å². The Morgan fingerprint density at radius 1 is 1.38 bits per heavy atom. The van der Waals surface area contributed by atoms with E-state index >= 15 is 0 Å². The highest BCUT2D eigenvalue weighted by Crippen LogP contribution is 2.46. The fourth-order valence-corrected chi connectivity index (χ4v) is 2.92. The minimum absolute atomic E-state index is 0.00733. The summed E-state index contributed by atoms with van der Waals surface area (Å²) >= 11 is 7.17. The molecule has 1 aromatic rings. The highest BCUT2D eigenvalue weighted by Gasteiger charge is 2.38. The molecule has 0 atom stereocenters. The molecular weight excluding hydrogens is 214 g/mol. The summed E-state index contributed by atoms with van der Waals surface area (Å²) in [5.41, 5.74) is 0.00733. The van der Waals surface area contributed by atoms with Gasteiger partial charge in [0.05, 0.1) is 10.6 Å². The molecule has 0 fully saturated rings. The van der Waals surface area contributed by atoms with Gasteiger partial charge in [-0.25, -0.2) is 8.78 Å². The van der Waals surface area contributed by atoms with Crippen molar-refractivity contribution in [2.75, 3.05) is 5.75 Å². The number of hydrogen-bond donors (Lipinski definition) is 0. The third-order valence-electron chi connectivity index (χ3n) is 2.01. The van der Waals surface area contributed by atoms with E-state index < -0.39 is 5.92 Å². The summed E-state index contributed by atoms with van der Waals surface area (Å²) in [4.78, 5) is 0.615. The van der Waals surface area contributed by atoms with Crippen LogP contribution in [0.2, 0.25) is 5.02 Å². The van der Waals surface area contributed by atoms with Crippen molar-refractivity contribution in [3.05, 3.63) is 28.8 Å². The Morgan fingerprint density at radius 2 is 2.15 bits per heavy atom. The van der Waals surface area contributed by atoms with E-state index in [0.29, 0.717) is 10.6 Å². The van der Waals surface area contributed by atoms with Crippen LogP contribution in [0.1, 0.15) is 12.0 Å². The number of halogens is 3. The molecule has 70 valence electrons. The van der Waals surface area contributed by atoms with Crippen molar-refractivity contribution in [1.82, 2.24) is 0 Å². The third-order valence-corrected chi connectivity index (χ3v) is 3.39. The van der Waals surface area contributed by atoms with Gasteiger partial charge in [0.25, 0.3) is 5.92 Å². The third kappa shape index (κ3) is 1.55. The number of hydrogen-bond acceptors (Lipinski definition) is 1. The van der Waals surface area contributed by atoms with E-state index in [-0.39, 0.29) is 17.0 Å². The first kappa shape index (κ1) is 9.28. The molecule has 4 heteroatoms. The molecule has 0 unspecified atom stereocenters. The molecule has 0 radical (unpaired) electrons. The lowest BCUT2D eigenvalue weighted by Crippen LogP contribution is -2.19. The smallest absolute Gasteiger partial charge is 0.201 e. The first-order chi connectivity index (χ1) is 6.11. The summed E-state index contributed by atoms with van der Waals surface area (Å²) in [5, 5.41) is 0.176. The van der Waals surface area contributed by atoms with Crippen LogP contribution in [0.3, 0.4) is 0 Å². The van der Waals surface area contributed by atoms with Gasteiger partial charge in [0.1, 0.15) is 0 Å². The Balaban J connectivity index is 2.61. The predicted octanol–water partition coefficient (Wildman–Crippen LogP) is 3.93. The Kier molecular flexibility index (Phi) is 2.24. The maximum atomic E-state index is 13.4. The van der Waals surface area contributed by atoms with Crippen molar-refractivity contribution in [3.8, 4) is 0 Å². The van der Waals surface area contributed by atoms with E-state index in [1.165, 1.54) is 17.8 Å². The zero-order chi connectivity index (χ0) is 9.47. The van der Waals surface area contributed by atoms with Crippen LogP contribution < -0.4 is 0 Å². The first-order valence-electron chi connectivity index (χ1n) is 3.91. The standard InChI is InChI=1S/C9H7ClF2S/c10-6-2-1-3-7-8(6)9(11,12)4-5-13-7/h1-3H,4-5H2. The highest BCUT2D eigenvalue weighted by atomic mass is 35.5. The zero-order valence-corrected chi connectivity index (χ0v) is 8.26. The molecule has 0 aliphatic carbocycles. The fourth-order valence-electron chi connectivity index (χ4n) is 1.39. The summed E-state index contributed by atoms with van der Waals surface area (Å²) in [6.07, 6.45) is -0.117. The van der Waals surface area contributed by atoms with Gasteiger partial charge < -0.3 is 0 Å². The van der Waals surface area contributed by atoms with Crippen molar-refractivity contribution >= 4 is 23.4 Å². The molecule has 0 saturated carbocycles. The van der Waals surface area contributed by atoms with Crippen LogP contribution in [0.15, 0.2) is 23.1 Å². The van der Waals surface area contributed by atoms with E-state index in [2.05, 4.69) is 0 Å². The second-order valence-corrected chi connectivity index (χ2v) is 4.46. The Hall–Kier alpha value is -0.280. The molecule has 0 spiro atoms. The molecule has 0 saturated heterocycles. The van der Waals surface area contributed by atoms with E-state index in [1.807, 2.05) is 0 Å². The van der Waals surface area contributed by atoms with Gasteiger partial charge in [0.2, 0.25) is 0 Å². The lowest BCUT2D eigenvalue weighted by atomic mass is 10.1. The van der Waals surface area contributed by atoms with Crippen LogP contribution in [0, 0.1) is 0 Å². The monoisotopic (exact) mass is 220 g/mol. The zero-order valence-electron chi connectivity index (χ0n) is 6.69. The average molecular weight is 221 g/mol. The lowest BCUT2D eigenvalue weighted by Gasteiger charge is -2.25. The molecule has 1 heterocycles. The van der Waals surface area contributed by atoms with Gasteiger partial charge in [0.15, 0.2) is 0 Å². The van der Waals surface area contributed by atoms with E-state index in [1.54, 1.807) is 12.1 Å². The lowest BCUT2D eigenvalue weighted by molar-refractivity contribution is -0.0114. The van der Waals surface area contributed by atoms with Gasteiger partial charge in [-0.3, -0.25) is 0 Å². The summed E-state index contributed by atoms with van der Waals surface area (Å²) in [7, 11) is 0. The molecule has 1 aliphatic heterocycles. The van der Waals surface area contributed by atoms with Gasteiger partial charge >= 0.3 is 0 Å². The molecule has 0 N–H and O–H groups in total. The Labute approximate surface area is 84.3 Å². The number of rotatable bonds is 0. The van der Waals surface area contributed by atoms with Gasteiger partial charge in [-0.1, -0.05) is 17.7 Å². The van der Waals surface area contributed by atoms with Gasteiger partial charge in [-0.15, -0.1) is 11.8 Å². The van der Waals surface area contributed by atoms with Crippen LogP contribution in [-0.4, -0.2) is 5.75 Å². The van der Waals surface area contributed by atoms with Crippen LogP contribution in [0.5, 0.6) is 0 Å². The minimum atomic E-state index is -2.75. The van der Waals surface area contributed by atoms with Crippen molar-refractivity contribution in [2.24, 2.45) is 0 Å². The summed E-state index contributed by atoms with van der Waals surface area (Å²) < 4.78 is 26.7. The summed E-state index contributed by atoms with van der Waals surface area (Å²) in [5.74, 6) is -2.29. The maximum absolute atomic E-state index is 13.4. The van der Waals surface area contributed by atoms with Crippen molar-refractivity contribution in [3.63, 3.8) is 0 Å². The number of fused-ring (bicyclic) bond motifs is 1. The average Bonchev–Trinajstić information content (AvgIpc) is 2.02. The normalized spacial score (nSPS) is 19.6. The largest absolute Gasteiger partial charge is 0.276 e. The molecule has 0 aromatic heterocycles. The SMILES string of the molecule is FC1(F)CCSc2cccc(Cl)c21. The summed E-state index contributed by atoms with van der Waals surface area (Å²) in [6.45, 7) is 0. The molecule has 0 amide bonds. The van der Waals surface area contributed by atoms with Gasteiger partial charge in [-0.05, 0) is 12.1 Å². The minimum Gasteiger partial charge on any atom is -0.201 e. The van der Waals surface area contributed by atoms with Crippen molar-refractivity contribution in [1.29, 1.82) is 0 Å². The molecule has 0 nitrogen and oxygen atoms in total. The van der Waals surface area contributed by atoms with Crippen molar-refractivity contribution < 1.29 is 8.78 Å². The summed E-state index contributed by atoms with van der Waals surface area (Å²) in [6, 6.07) is 4.91. The fraction of sp³-hybridized carbons (Fsp3) is 0.333. The molecule has 13 heavy (non-hydrogen) atoms. The topological polar surface area (TPSA) is 0 Å². The highest BCUT2D eigenvalue weighted by molar-refractivity contribution is 7.99. The van der Waals surface area contributed by atoms with E-state index in [4.69, 9.17) is 11.6 Å². The quantitative estimate of drug-likeness (QED) is 0.639. The second kappa shape index (κ2) is 3.14. The second-order valence-electron chi connectivity index (χ2n) is 2.92. The molecular formula is C9H7ClF2S. The van der Waals surface area contributed by atoms with Crippen LogP contribution in [0.25, 0.3) is 0 Å². The molecule has 1 aliphatic rings. The van der Waals surface area contributed by atoms with E-state index in [9.17, 15) is 8.78 Å². The number of benzene rings is 1. The number of thioether (sulfide) groups is 1. The molecule has 0 bridgehead atoms. The van der Waals surface area contributed by atoms with Crippen LogP contribution in [-0.2, 0) is 5.92 Å². The van der Waals surface area contributed by atoms with Crippen molar-refractivity contribution in [2.45, 2.75) is 17.2 Å². The molecule has 1 aromatic carbocycles. The molecule has 2 rings (SSSR count). The van der Waals surface area contributed by atoms with Gasteiger partial charge in [-0.2, -0.15) is 0 Å². The maximum Gasteiger partial charge on any atom is 0.276 e.